The van der Waals surface area contributed by atoms with E-state index in [9.17, 15) is 4.79 Å². The van der Waals surface area contributed by atoms with Gasteiger partial charge in [0.1, 0.15) is 11.6 Å². The van der Waals surface area contributed by atoms with Gasteiger partial charge in [-0.1, -0.05) is 54.6 Å². The number of aryl methyl sites for hydroxylation is 1. The first-order chi connectivity index (χ1) is 10.2. The lowest BCUT2D eigenvalue weighted by Gasteiger charge is -2.05. The molecule has 0 aliphatic heterocycles. The summed E-state index contributed by atoms with van der Waals surface area (Å²) >= 11 is 0. The number of carbonyl (C=O) groups excluding carboxylic acids is 1. The molecule has 1 amide bonds. The van der Waals surface area contributed by atoms with E-state index in [4.69, 9.17) is 5.26 Å². The summed E-state index contributed by atoms with van der Waals surface area (Å²) in [5.41, 5.74) is 3.02. The SMILES string of the molecule is Cc1ccccc1/C=C(/C#N)C(=O)NCc1ccccc1. The number of nitrogens with zero attached hydrogens (tertiary/aromatic N) is 1. The lowest BCUT2D eigenvalue weighted by atomic mass is 10.1. The van der Waals surface area contributed by atoms with Crippen molar-refractivity contribution in [1.29, 1.82) is 5.26 Å². The number of carbonyl (C=O) groups is 1. The average molecular weight is 276 g/mol. The number of hydrogen-bond acceptors (Lipinski definition) is 2. The molecule has 0 heterocycles. The molecule has 3 nitrogen and oxygen atoms in total. The normalized spacial score (nSPS) is 10.8. The Bertz CT molecular complexity index is 697. The molecule has 0 saturated heterocycles. The summed E-state index contributed by atoms with van der Waals surface area (Å²) in [5.74, 6) is -0.357. The summed E-state index contributed by atoms with van der Waals surface area (Å²) in [6, 6.07) is 19.2. The molecule has 0 bridgehead atoms. The number of benzene rings is 2. The Hall–Kier alpha value is -2.86. The Morgan fingerprint density at radius 3 is 2.48 bits per heavy atom. The molecule has 0 spiro atoms. The van der Waals surface area contributed by atoms with Crippen LogP contribution in [0.5, 0.6) is 0 Å². The van der Waals surface area contributed by atoms with Gasteiger partial charge in [-0.15, -0.1) is 0 Å². The molecule has 21 heavy (non-hydrogen) atoms. The van der Waals surface area contributed by atoms with Gasteiger partial charge >= 0.3 is 0 Å². The van der Waals surface area contributed by atoms with Crippen LogP contribution in [0.3, 0.4) is 0 Å². The van der Waals surface area contributed by atoms with E-state index in [1.165, 1.54) is 0 Å². The van der Waals surface area contributed by atoms with Crippen LogP contribution in [0.1, 0.15) is 16.7 Å². The third-order valence-corrected chi connectivity index (χ3v) is 3.15. The van der Waals surface area contributed by atoms with E-state index in [0.29, 0.717) is 6.54 Å². The van der Waals surface area contributed by atoms with Crippen LogP contribution < -0.4 is 5.32 Å². The van der Waals surface area contributed by atoms with E-state index >= 15 is 0 Å². The highest BCUT2D eigenvalue weighted by Gasteiger charge is 2.09. The van der Waals surface area contributed by atoms with Crippen molar-refractivity contribution in [2.75, 3.05) is 0 Å². The van der Waals surface area contributed by atoms with Gasteiger partial charge in [0.05, 0.1) is 0 Å². The summed E-state index contributed by atoms with van der Waals surface area (Å²) in [7, 11) is 0. The fourth-order valence-electron chi connectivity index (χ4n) is 1.93. The second-order valence-corrected chi connectivity index (χ2v) is 4.69. The van der Waals surface area contributed by atoms with Crippen LogP contribution in [0.15, 0.2) is 60.2 Å². The minimum atomic E-state index is -0.357. The molecule has 0 fully saturated rings. The van der Waals surface area contributed by atoms with Gasteiger partial charge in [-0.25, -0.2) is 0 Å². The van der Waals surface area contributed by atoms with Crippen molar-refractivity contribution < 1.29 is 4.79 Å². The fourth-order valence-corrected chi connectivity index (χ4v) is 1.93. The van der Waals surface area contributed by atoms with Gasteiger partial charge in [-0.05, 0) is 29.7 Å². The molecular weight excluding hydrogens is 260 g/mol. The van der Waals surface area contributed by atoms with Crippen molar-refractivity contribution in [3.8, 4) is 6.07 Å². The molecule has 2 rings (SSSR count). The summed E-state index contributed by atoms with van der Waals surface area (Å²) in [4.78, 5) is 12.1. The maximum absolute atomic E-state index is 12.1. The standard InChI is InChI=1S/C18H16N2O/c1-14-7-5-6-10-16(14)11-17(12-19)18(21)20-13-15-8-3-2-4-9-15/h2-11H,13H2,1H3,(H,20,21)/b17-11-. The lowest BCUT2D eigenvalue weighted by Crippen LogP contribution is -2.23. The van der Waals surface area contributed by atoms with Crippen LogP contribution in [-0.4, -0.2) is 5.91 Å². The molecule has 0 aromatic heterocycles. The van der Waals surface area contributed by atoms with Crippen LogP contribution in [0.2, 0.25) is 0 Å². The Kier molecular flexibility index (Phi) is 4.89. The summed E-state index contributed by atoms with van der Waals surface area (Å²) in [5, 5.41) is 11.9. The zero-order valence-electron chi connectivity index (χ0n) is 11.8. The van der Waals surface area contributed by atoms with Gasteiger partial charge in [0.15, 0.2) is 0 Å². The Morgan fingerprint density at radius 1 is 1.14 bits per heavy atom. The highest BCUT2D eigenvalue weighted by atomic mass is 16.1. The summed E-state index contributed by atoms with van der Waals surface area (Å²) in [6.45, 7) is 2.36. The Morgan fingerprint density at radius 2 is 1.81 bits per heavy atom. The average Bonchev–Trinajstić information content (AvgIpc) is 2.53. The molecule has 3 heteroatoms. The number of hydrogen-bond donors (Lipinski definition) is 1. The van der Waals surface area contributed by atoms with E-state index in [1.54, 1.807) is 6.08 Å². The van der Waals surface area contributed by atoms with E-state index in [2.05, 4.69) is 5.32 Å². The van der Waals surface area contributed by atoms with Gasteiger partial charge in [0.2, 0.25) is 0 Å². The zero-order chi connectivity index (χ0) is 15.1. The molecule has 0 aliphatic carbocycles. The molecule has 0 radical (unpaired) electrons. The first-order valence-corrected chi connectivity index (χ1v) is 6.70. The Labute approximate surface area is 124 Å². The van der Waals surface area contributed by atoms with Crippen LogP contribution in [-0.2, 0) is 11.3 Å². The highest BCUT2D eigenvalue weighted by Crippen LogP contribution is 2.12. The molecule has 0 aliphatic rings. The van der Waals surface area contributed by atoms with E-state index < -0.39 is 0 Å². The molecule has 2 aromatic rings. The molecule has 2 aromatic carbocycles. The Balaban J connectivity index is 2.09. The smallest absolute Gasteiger partial charge is 0.262 e. The van der Waals surface area contributed by atoms with Gasteiger partial charge in [-0.2, -0.15) is 5.26 Å². The second kappa shape index (κ2) is 7.06. The van der Waals surface area contributed by atoms with E-state index in [0.717, 1.165) is 16.7 Å². The van der Waals surface area contributed by atoms with Gasteiger partial charge < -0.3 is 5.32 Å². The zero-order valence-corrected chi connectivity index (χ0v) is 11.8. The first kappa shape index (κ1) is 14.5. The first-order valence-electron chi connectivity index (χ1n) is 6.70. The molecular formula is C18H16N2O. The highest BCUT2D eigenvalue weighted by molar-refractivity contribution is 6.01. The van der Waals surface area contributed by atoms with E-state index in [1.807, 2.05) is 67.6 Å². The van der Waals surface area contributed by atoms with Crippen LogP contribution in [0.25, 0.3) is 6.08 Å². The fraction of sp³-hybridized carbons (Fsp3) is 0.111. The van der Waals surface area contributed by atoms with Crippen molar-refractivity contribution in [2.24, 2.45) is 0 Å². The number of amides is 1. The van der Waals surface area contributed by atoms with Crippen LogP contribution >= 0.6 is 0 Å². The molecule has 0 saturated carbocycles. The van der Waals surface area contributed by atoms with Crippen molar-refractivity contribution in [3.05, 3.63) is 76.9 Å². The summed E-state index contributed by atoms with van der Waals surface area (Å²) in [6.07, 6.45) is 1.62. The predicted octanol–water partition coefficient (Wildman–Crippen LogP) is 3.22. The molecule has 1 N–H and O–H groups in total. The lowest BCUT2D eigenvalue weighted by molar-refractivity contribution is -0.117. The van der Waals surface area contributed by atoms with Gasteiger partial charge in [0, 0.05) is 6.54 Å². The number of nitriles is 1. The van der Waals surface area contributed by atoms with Crippen LogP contribution in [0, 0.1) is 18.3 Å². The van der Waals surface area contributed by atoms with Crippen molar-refractivity contribution in [3.63, 3.8) is 0 Å². The second-order valence-electron chi connectivity index (χ2n) is 4.69. The molecule has 0 atom stereocenters. The van der Waals surface area contributed by atoms with Gasteiger partial charge in [0.25, 0.3) is 5.91 Å². The molecule has 0 unspecified atom stereocenters. The number of rotatable bonds is 4. The third kappa shape index (κ3) is 4.05. The maximum atomic E-state index is 12.1. The monoisotopic (exact) mass is 276 g/mol. The van der Waals surface area contributed by atoms with Crippen molar-refractivity contribution in [2.45, 2.75) is 13.5 Å². The molecule has 104 valence electrons. The minimum Gasteiger partial charge on any atom is -0.347 e. The van der Waals surface area contributed by atoms with Crippen LogP contribution in [0.4, 0.5) is 0 Å². The summed E-state index contributed by atoms with van der Waals surface area (Å²) < 4.78 is 0. The predicted molar refractivity (Wildman–Crippen MR) is 83.1 cm³/mol. The topological polar surface area (TPSA) is 52.9 Å². The third-order valence-electron chi connectivity index (χ3n) is 3.15. The largest absolute Gasteiger partial charge is 0.347 e. The van der Waals surface area contributed by atoms with E-state index in [-0.39, 0.29) is 11.5 Å². The van der Waals surface area contributed by atoms with Crippen molar-refractivity contribution >= 4 is 12.0 Å². The quantitative estimate of drug-likeness (QED) is 0.688. The van der Waals surface area contributed by atoms with Crippen molar-refractivity contribution in [1.82, 2.24) is 5.32 Å². The number of nitrogens with one attached hydrogen (secondary N) is 1. The minimum absolute atomic E-state index is 0.111. The van der Waals surface area contributed by atoms with Gasteiger partial charge in [-0.3, -0.25) is 4.79 Å². The maximum Gasteiger partial charge on any atom is 0.262 e.